The lowest BCUT2D eigenvalue weighted by atomic mass is 9.82. The maximum absolute atomic E-state index is 14.2. The van der Waals surface area contributed by atoms with Gasteiger partial charge in [-0.3, -0.25) is 0 Å². The molecule has 4 N–H and O–H groups in total. The van der Waals surface area contributed by atoms with Gasteiger partial charge in [0, 0.05) is 13.1 Å². The van der Waals surface area contributed by atoms with Crippen molar-refractivity contribution < 1.29 is 4.39 Å². The van der Waals surface area contributed by atoms with Gasteiger partial charge in [0.1, 0.15) is 5.02 Å². The molecule has 1 fully saturated rings. The zero-order valence-electron chi connectivity index (χ0n) is 10.8. The summed E-state index contributed by atoms with van der Waals surface area (Å²) in [6, 6.07) is 1.53. The first-order valence-corrected chi connectivity index (χ1v) is 6.47. The molecule has 1 aromatic rings. The number of nitrogens with two attached hydrogens (primary N) is 2. The molecular weight excluding hydrogens is 253 g/mol. The summed E-state index contributed by atoms with van der Waals surface area (Å²) >= 11 is 5.85. The smallest absolute Gasteiger partial charge is 0.169 e. The van der Waals surface area contributed by atoms with Gasteiger partial charge in [-0.25, -0.2) is 4.39 Å². The van der Waals surface area contributed by atoms with Crippen LogP contribution in [-0.4, -0.2) is 13.1 Å². The summed E-state index contributed by atoms with van der Waals surface area (Å²) in [6.07, 6.45) is 2.02. The second-order valence-electron chi connectivity index (χ2n) is 5.68. The Morgan fingerprint density at radius 1 is 1.22 bits per heavy atom. The van der Waals surface area contributed by atoms with Gasteiger partial charge in [-0.15, -0.1) is 0 Å². The van der Waals surface area contributed by atoms with Crippen molar-refractivity contribution in [2.24, 2.45) is 5.41 Å². The average Bonchev–Trinajstić information content (AvgIpc) is 2.28. The number of benzene rings is 1. The Hall–Kier alpha value is -1.16. The Kier molecular flexibility index (Phi) is 3.32. The third-order valence-corrected chi connectivity index (χ3v) is 4.06. The quantitative estimate of drug-likeness (QED) is 0.771. The van der Waals surface area contributed by atoms with Crippen molar-refractivity contribution in [3.05, 3.63) is 16.9 Å². The summed E-state index contributed by atoms with van der Waals surface area (Å²) in [4.78, 5) is 1.96. The lowest BCUT2D eigenvalue weighted by Gasteiger charge is -2.38. The highest BCUT2D eigenvalue weighted by atomic mass is 35.5. The fourth-order valence-corrected chi connectivity index (χ4v) is 2.46. The number of hydrogen-bond acceptors (Lipinski definition) is 3. The SMILES string of the molecule is CC1(C)CCN(c2c(N)cc(N)c(Cl)c2F)CC1. The van der Waals surface area contributed by atoms with E-state index in [0.717, 1.165) is 25.9 Å². The van der Waals surface area contributed by atoms with Crippen molar-refractivity contribution >= 4 is 28.7 Å². The van der Waals surface area contributed by atoms with Crippen molar-refractivity contribution in [1.29, 1.82) is 0 Å². The summed E-state index contributed by atoms with van der Waals surface area (Å²) in [5.74, 6) is -0.506. The summed E-state index contributed by atoms with van der Waals surface area (Å²) in [5, 5.41) is -0.0379. The molecule has 3 nitrogen and oxygen atoms in total. The summed E-state index contributed by atoms with van der Waals surface area (Å²) < 4.78 is 14.2. The molecule has 0 amide bonds. The van der Waals surface area contributed by atoms with E-state index in [0.29, 0.717) is 16.8 Å². The fourth-order valence-electron chi connectivity index (χ4n) is 2.31. The number of anilines is 3. The van der Waals surface area contributed by atoms with Gasteiger partial charge in [0.25, 0.3) is 0 Å². The van der Waals surface area contributed by atoms with Gasteiger partial charge in [-0.2, -0.15) is 0 Å². The summed E-state index contributed by atoms with van der Waals surface area (Å²) in [7, 11) is 0. The number of rotatable bonds is 1. The monoisotopic (exact) mass is 271 g/mol. The van der Waals surface area contributed by atoms with Crippen LogP contribution in [0.15, 0.2) is 6.07 Å². The Bertz CT molecular complexity index is 464. The van der Waals surface area contributed by atoms with Crippen molar-refractivity contribution in [1.82, 2.24) is 0 Å². The zero-order chi connectivity index (χ0) is 13.5. The van der Waals surface area contributed by atoms with Gasteiger partial charge < -0.3 is 16.4 Å². The van der Waals surface area contributed by atoms with E-state index >= 15 is 0 Å². The van der Waals surface area contributed by atoms with Gasteiger partial charge >= 0.3 is 0 Å². The number of hydrogen-bond donors (Lipinski definition) is 2. The van der Waals surface area contributed by atoms with Crippen LogP contribution in [-0.2, 0) is 0 Å². The van der Waals surface area contributed by atoms with E-state index < -0.39 is 5.82 Å². The van der Waals surface area contributed by atoms with Crippen LogP contribution in [0.4, 0.5) is 21.5 Å². The van der Waals surface area contributed by atoms with Gasteiger partial charge in [0.05, 0.1) is 17.1 Å². The lowest BCUT2D eigenvalue weighted by molar-refractivity contribution is 0.279. The molecule has 5 heteroatoms. The fraction of sp³-hybridized carbons (Fsp3) is 0.538. The number of piperidine rings is 1. The van der Waals surface area contributed by atoms with Gasteiger partial charge in [0.2, 0.25) is 0 Å². The van der Waals surface area contributed by atoms with Crippen LogP contribution in [0.5, 0.6) is 0 Å². The zero-order valence-corrected chi connectivity index (χ0v) is 11.5. The van der Waals surface area contributed by atoms with Crippen LogP contribution in [0.1, 0.15) is 26.7 Å². The molecule has 1 saturated heterocycles. The molecule has 0 unspecified atom stereocenters. The molecule has 0 spiro atoms. The molecule has 0 atom stereocenters. The van der Waals surface area contributed by atoms with Gasteiger partial charge in [-0.05, 0) is 24.3 Å². The third-order valence-electron chi connectivity index (χ3n) is 3.67. The first-order chi connectivity index (χ1) is 8.32. The second-order valence-corrected chi connectivity index (χ2v) is 6.06. The molecule has 100 valence electrons. The first kappa shape index (κ1) is 13.3. The molecule has 0 bridgehead atoms. The van der Waals surface area contributed by atoms with Gasteiger partial charge in [-0.1, -0.05) is 25.4 Å². The van der Waals surface area contributed by atoms with Crippen molar-refractivity contribution in [2.75, 3.05) is 29.5 Å². The Labute approximate surface area is 112 Å². The molecular formula is C13H19ClFN3. The largest absolute Gasteiger partial charge is 0.397 e. The number of nitrogens with zero attached hydrogens (tertiary/aromatic N) is 1. The number of nitrogen functional groups attached to an aromatic ring is 2. The molecule has 2 rings (SSSR count). The third kappa shape index (κ3) is 2.34. The molecule has 0 aromatic heterocycles. The van der Waals surface area contributed by atoms with E-state index in [1.54, 1.807) is 0 Å². The maximum atomic E-state index is 14.2. The Morgan fingerprint density at radius 3 is 2.33 bits per heavy atom. The van der Waals surface area contributed by atoms with Crippen LogP contribution in [0.3, 0.4) is 0 Å². The van der Waals surface area contributed by atoms with Crippen molar-refractivity contribution in [3.63, 3.8) is 0 Å². The average molecular weight is 272 g/mol. The van der Waals surface area contributed by atoms with Crippen LogP contribution in [0, 0.1) is 11.2 Å². The van der Waals surface area contributed by atoms with Crippen molar-refractivity contribution in [3.8, 4) is 0 Å². The molecule has 0 aliphatic carbocycles. The second kappa shape index (κ2) is 4.50. The van der Waals surface area contributed by atoms with E-state index in [1.807, 2.05) is 4.90 Å². The highest BCUT2D eigenvalue weighted by Gasteiger charge is 2.28. The molecule has 0 radical (unpaired) electrons. The highest BCUT2D eigenvalue weighted by molar-refractivity contribution is 6.33. The molecule has 1 aliphatic rings. The molecule has 1 aliphatic heterocycles. The maximum Gasteiger partial charge on any atom is 0.169 e. The van der Waals surface area contributed by atoms with E-state index in [2.05, 4.69) is 13.8 Å². The van der Waals surface area contributed by atoms with Crippen LogP contribution >= 0.6 is 11.6 Å². The molecule has 18 heavy (non-hydrogen) atoms. The minimum atomic E-state index is -0.506. The summed E-state index contributed by atoms with van der Waals surface area (Å²) in [6.45, 7) is 6.02. The van der Waals surface area contributed by atoms with Crippen LogP contribution < -0.4 is 16.4 Å². The van der Waals surface area contributed by atoms with Crippen LogP contribution in [0.25, 0.3) is 0 Å². The lowest BCUT2D eigenvalue weighted by Crippen LogP contribution is -2.38. The molecule has 0 saturated carbocycles. The Balaban J connectivity index is 2.33. The van der Waals surface area contributed by atoms with E-state index in [4.69, 9.17) is 23.1 Å². The highest BCUT2D eigenvalue weighted by Crippen LogP contribution is 2.39. The molecule has 1 heterocycles. The minimum Gasteiger partial charge on any atom is -0.397 e. The predicted molar refractivity (Wildman–Crippen MR) is 75.5 cm³/mol. The minimum absolute atomic E-state index is 0.0379. The normalized spacial score (nSPS) is 19.0. The summed E-state index contributed by atoms with van der Waals surface area (Å²) in [5.41, 5.74) is 12.7. The van der Waals surface area contributed by atoms with Gasteiger partial charge in [0.15, 0.2) is 5.82 Å². The van der Waals surface area contributed by atoms with E-state index in [9.17, 15) is 4.39 Å². The predicted octanol–water partition coefficient (Wildman–Crippen LogP) is 3.27. The standard InChI is InChI=1S/C13H19ClFN3/c1-13(2)3-5-18(6-4-13)12-9(17)7-8(16)10(14)11(12)15/h7H,3-6,16-17H2,1-2H3. The number of halogens is 2. The Morgan fingerprint density at radius 2 is 1.78 bits per heavy atom. The van der Waals surface area contributed by atoms with Crippen molar-refractivity contribution in [2.45, 2.75) is 26.7 Å². The first-order valence-electron chi connectivity index (χ1n) is 6.10. The topological polar surface area (TPSA) is 55.3 Å². The van der Waals surface area contributed by atoms with E-state index in [1.165, 1.54) is 6.07 Å². The van der Waals surface area contributed by atoms with E-state index in [-0.39, 0.29) is 10.7 Å². The molecule has 1 aromatic carbocycles. The van der Waals surface area contributed by atoms with Crippen LogP contribution in [0.2, 0.25) is 5.02 Å².